The molecule has 1 aromatic heterocycles. The summed E-state index contributed by atoms with van der Waals surface area (Å²) in [5.41, 5.74) is 1.77. The van der Waals surface area contributed by atoms with Gasteiger partial charge < -0.3 is 5.32 Å². The van der Waals surface area contributed by atoms with Crippen LogP contribution >= 0.6 is 23.1 Å². The van der Waals surface area contributed by atoms with Crippen molar-refractivity contribution >= 4 is 28.3 Å². The van der Waals surface area contributed by atoms with E-state index in [0.717, 1.165) is 18.3 Å². The number of rotatable bonds is 3. The summed E-state index contributed by atoms with van der Waals surface area (Å²) in [5.74, 6) is 0. The smallest absolute Gasteiger partial charge is 0.157 e. The lowest BCUT2D eigenvalue weighted by Gasteiger charge is -2.21. The summed E-state index contributed by atoms with van der Waals surface area (Å²) < 4.78 is 0. The zero-order chi connectivity index (χ0) is 13.2. The number of thiophene rings is 1. The van der Waals surface area contributed by atoms with Gasteiger partial charge in [-0.15, -0.1) is 11.3 Å². The minimum absolute atomic E-state index is 0.396. The zero-order valence-electron chi connectivity index (χ0n) is 11.6. The van der Waals surface area contributed by atoms with Crippen molar-refractivity contribution in [3.63, 3.8) is 0 Å². The van der Waals surface area contributed by atoms with Crippen LogP contribution in [0.4, 0.5) is 0 Å². The standard InChI is InChI=1S/C14H22N2S2/c1-10-5-6-17-12(10)9-16-13-15-8-11(18-13)7-14(2,3)4/h5-6,11H,7-9H2,1-4H3,(H,15,16). The summed E-state index contributed by atoms with van der Waals surface area (Å²) in [6.07, 6.45) is 1.23. The lowest BCUT2D eigenvalue weighted by atomic mass is 9.90. The predicted octanol–water partition coefficient (Wildman–Crippen LogP) is 4.05. The third-order valence-corrected chi connectivity index (χ3v) is 5.09. The molecule has 1 unspecified atom stereocenters. The van der Waals surface area contributed by atoms with E-state index < -0.39 is 0 Å². The Balaban J connectivity index is 1.78. The minimum atomic E-state index is 0.396. The summed E-state index contributed by atoms with van der Waals surface area (Å²) in [4.78, 5) is 6.02. The number of nitrogens with one attached hydrogen (secondary N) is 1. The highest BCUT2D eigenvalue weighted by Crippen LogP contribution is 2.31. The van der Waals surface area contributed by atoms with Crippen LogP contribution in [0.1, 0.15) is 37.6 Å². The molecule has 0 amide bonds. The summed E-state index contributed by atoms with van der Waals surface area (Å²) in [5, 5.41) is 7.39. The van der Waals surface area contributed by atoms with Crippen molar-refractivity contribution in [2.75, 3.05) is 6.54 Å². The molecule has 18 heavy (non-hydrogen) atoms. The molecule has 0 saturated heterocycles. The average molecular weight is 282 g/mol. The molecule has 2 nitrogen and oxygen atoms in total. The molecule has 0 aromatic carbocycles. The quantitative estimate of drug-likeness (QED) is 0.904. The first-order valence-corrected chi connectivity index (χ1v) is 8.18. The minimum Gasteiger partial charge on any atom is -0.360 e. The second kappa shape index (κ2) is 5.66. The van der Waals surface area contributed by atoms with Crippen LogP contribution in [-0.2, 0) is 6.54 Å². The SMILES string of the molecule is Cc1ccsc1CNC1=NCC(CC(C)(C)C)S1. The number of hydrogen-bond acceptors (Lipinski definition) is 4. The molecule has 0 fully saturated rings. The molecular formula is C14H22N2S2. The van der Waals surface area contributed by atoms with Gasteiger partial charge >= 0.3 is 0 Å². The molecule has 0 spiro atoms. The van der Waals surface area contributed by atoms with Gasteiger partial charge in [0.2, 0.25) is 0 Å². The number of thioether (sulfide) groups is 1. The van der Waals surface area contributed by atoms with Gasteiger partial charge in [-0.2, -0.15) is 0 Å². The van der Waals surface area contributed by atoms with Gasteiger partial charge in [-0.3, -0.25) is 4.99 Å². The van der Waals surface area contributed by atoms with E-state index in [1.54, 1.807) is 0 Å². The Kier molecular flexibility index (Phi) is 4.38. The topological polar surface area (TPSA) is 24.4 Å². The summed E-state index contributed by atoms with van der Waals surface area (Å²) >= 11 is 3.73. The maximum Gasteiger partial charge on any atom is 0.157 e. The van der Waals surface area contributed by atoms with Gasteiger partial charge in [-0.25, -0.2) is 0 Å². The van der Waals surface area contributed by atoms with Crippen molar-refractivity contribution in [1.29, 1.82) is 0 Å². The van der Waals surface area contributed by atoms with Gasteiger partial charge in [-0.1, -0.05) is 32.5 Å². The fourth-order valence-electron chi connectivity index (χ4n) is 2.05. The van der Waals surface area contributed by atoms with Crippen molar-refractivity contribution < 1.29 is 0 Å². The van der Waals surface area contributed by atoms with Crippen molar-refractivity contribution in [2.24, 2.45) is 10.4 Å². The summed E-state index contributed by atoms with van der Waals surface area (Å²) in [7, 11) is 0. The van der Waals surface area contributed by atoms with Gasteiger partial charge in [0.1, 0.15) is 0 Å². The van der Waals surface area contributed by atoms with Crippen LogP contribution in [0.2, 0.25) is 0 Å². The molecule has 1 N–H and O–H groups in total. The maximum absolute atomic E-state index is 4.60. The predicted molar refractivity (Wildman–Crippen MR) is 83.6 cm³/mol. The summed E-state index contributed by atoms with van der Waals surface area (Å²) in [6.45, 7) is 10.9. The van der Waals surface area contributed by atoms with Gasteiger partial charge in [0.25, 0.3) is 0 Å². The maximum atomic E-state index is 4.60. The van der Waals surface area contributed by atoms with E-state index in [1.165, 1.54) is 16.9 Å². The molecule has 2 heterocycles. The molecule has 0 radical (unpaired) electrons. The first kappa shape index (κ1) is 13.9. The molecule has 1 aliphatic heterocycles. The fraction of sp³-hybridized carbons (Fsp3) is 0.643. The molecule has 2 rings (SSSR count). The highest BCUT2D eigenvalue weighted by atomic mass is 32.2. The van der Waals surface area contributed by atoms with Crippen LogP contribution in [-0.4, -0.2) is 17.0 Å². The second-order valence-electron chi connectivity index (χ2n) is 6.03. The number of nitrogens with zero attached hydrogens (tertiary/aromatic N) is 1. The van der Waals surface area contributed by atoms with E-state index in [2.05, 4.69) is 49.5 Å². The van der Waals surface area contributed by atoms with E-state index >= 15 is 0 Å². The Morgan fingerprint density at radius 2 is 2.22 bits per heavy atom. The van der Waals surface area contributed by atoms with Gasteiger partial charge in [0, 0.05) is 10.1 Å². The highest BCUT2D eigenvalue weighted by molar-refractivity contribution is 8.14. The summed E-state index contributed by atoms with van der Waals surface area (Å²) in [6, 6.07) is 2.17. The molecule has 0 saturated carbocycles. The second-order valence-corrected chi connectivity index (χ2v) is 8.32. The van der Waals surface area contributed by atoms with E-state index in [-0.39, 0.29) is 0 Å². The number of hydrogen-bond donors (Lipinski definition) is 1. The van der Waals surface area contributed by atoms with Crippen LogP contribution in [0.3, 0.4) is 0 Å². The van der Waals surface area contributed by atoms with Crippen LogP contribution < -0.4 is 5.32 Å². The Bertz CT molecular complexity index is 429. The fourth-order valence-corrected chi connectivity index (χ4v) is 4.24. The van der Waals surface area contributed by atoms with Crippen molar-refractivity contribution in [3.05, 3.63) is 21.9 Å². The largest absolute Gasteiger partial charge is 0.360 e. The Morgan fingerprint density at radius 3 is 2.83 bits per heavy atom. The molecule has 1 aromatic rings. The van der Waals surface area contributed by atoms with Crippen LogP contribution in [0.5, 0.6) is 0 Å². The Hall–Kier alpha value is -0.480. The van der Waals surface area contributed by atoms with Crippen molar-refractivity contribution in [3.8, 4) is 0 Å². The van der Waals surface area contributed by atoms with E-state index in [0.29, 0.717) is 10.7 Å². The van der Waals surface area contributed by atoms with E-state index in [9.17, 15) is 0 Å². The lowest BCUT2D eigenvalue weighted by Crippen LogP contribution is -2.20. The molecule has 1 aliphatic rings. The molecule has 1 atom stereocenters. The lowest BCUT2D eigenvalue weighted by molar-refractivity contribution is 0.375. The molecule has 100 valence electrons. The van der Waals surface area contributed by atoms with Gasteiger partial charge in [0.05, 0.1) is 13.1 Å². The van der Waals surface area contributed by atoms with Gasteiger partial charge in [-0.05, 0) is 35.8 Å². The molecular weight excluding hydrogens is 260 g/mol. The van der Waals surface area contributed by atoms with Crippen molar-refractivity contribution in [1.82, 2.24) is 5.32 Å². The monoisotopic (exact) mass is 282 g/mol. The normalized spacial score (nSPS) is 20.0. The Labute approximate surface area is 118 Å². The zero-order valence-corrected chi connectivity index (χ0v) is 13.3. The first-order chi connectivity index (χ1) is 8.44. The van der Waals surface area contributed by atoms with Crippen LogP contribution in [0.25, 0.3) is 0 Å². The number of amidine groups is 1. The molecule has 4 heteroatoms. The highest BCUT2D eigenvalue weighted by Gasteiger charge is 2.24. The third-order valence-electron chi connectivity index (χ3n) is 2.93. The van der Waals surface area contributed by atoms with Crippen LogP contribution in [0, 0.1) is 12.3 Å². The molecule has 0 bridgehead atoms. The van der Waals surface area contributed by atoms with E-state index in [1.807, 2.05) is 23.1 Å². The first-order valence-electron chi connectivity index (χ1n) is 6.42. The van der Waals surface area contributed by atoms with Crippen LogP contribution in [0.15, 0.2) is 16.4 Å². The van der Waals surface area contributed by atoms with E-state index in [4.69, 9.17) is 0 Å². The Morgan fingerprint density at radius 1 is 1.44 bits per heavy atom. The third kappa shape index (κ3) is 4.02. The average Bonchev–Trinajstić information content (AvgIpc) is 2.82. The van der Waals surface area contributed by atoms with Gasteiger partial charge in [0.15, 0.2) is 5.17 Å². The number of aliphatic imine (C=N–C) groups is 1. The molecule has 0 aliphatic carbocycles. The number of aryl methyl sites for hydroxylation is 1. The van der Waals surface area contributed by atoms with Crippen molar-refractivity contribution in [2.45, 2.75) is 45.9 Å².